The fourth-order valence-corrected chi connectivity index (χ4v) is 1.23. The van der Waals surface area contributed by atoms with E-state index in [-0.39, 0.29) is 6.04 Å². The molecular formula is C7H13NO. The molecule has 0 aromatic carbocycles. The summed E-state index contributed by atoms with van der Waals surface area (Å²) < 4.78 is 0. The summed E-state index contributed by atoms with van der Waals surface area (Å²) >= 11 is 0. The zero-order valence-corrected chi connectivity index (χ0v) is 5.84. The Morgan fingerprint density at radius 3 is 2.44 bits per heavy atom. The highest BCUT2D eigenvalue weighted by Crippen LogP contribution is 2.09. The minimum absolute atomic E-state index is 0.146. The van der Waals surface area contributed by atoms with E-state index in [9.17, 15) is 4.79 Å². The Morgan fingerprint density at radius 2 is 2.00 bits per heavy atom. The van der Waals surface area contributed by atoms with Crippen LogP contribution in [0.2, 0.25) is 0 Å². The van der Waals surface area contributed by atoms with Crippen molar-refractivity contribution in [2.75, 3.05) is 13.1 Å². The van der Waals surface area contributed by atoms with Crippen LogP contribution < -0.4 is 0 Å². The first-order chi connectivity index (χ1) is 4.34. The highest BCUT2D eigenvalue weighted by Gasteiger charge is 2.16. The fourth-order valence-electron chi connectivity index (χ4n) is 1.23. The van der Waals surface area contributed by atoms with Gasteiger partial charge in [0.15, 0.2) is 0 Å². The third-order valence-electron chi connectivity index (χ3n) is 1.91. The van der Waals surface area contributed by atoms with Gasteiger partial charge in [-0.25, -0.2) is 0 Å². The smallest absolute Gasteiger partial charge is 0.136 e. The minimum Gasteiger partial charge on any atom is -0.302 e. The number of carbonyl (C=O) groups excluding carboxylic acids is 1. The summed E-state index contributed by atoms with van der Waals surface area (Å²) in [6, 6.07) is 0.146. The van der Waals surface area contributed by atoms with Crippen molar-refractivity contribution in [2.45, 2.75) is 25.8 Å². The Labute approximate surface area is 55.8 Å². The van der Waals surface area contributed by atoms with Gasteiger partial charge in [0.1, 0.15) is 6.29 Å². The molecule has 1 aliphatic heterocycles. The van der Waals surface area contributed by atoms with Crippen LogP contribution in [-0.2, 0) is 4.79 Å². The molecule has 0 saturated carbocycles. The van der Waals surface area contributed by atoms with Crippen LogP contribution in [0.25, 0.3) is 0 Å². The molecule has 9 heavy (non-hydrogen) atoms. The number of hydrogen-bond donors (Lipinski definition) is 0. The van der Waals surface area contributed by atoms with Crippen molar-refractivity contribution < 1.29 is 4.79 Å². The number of aldehydes is 1. The molecule has 0 unspecified atom stereocenters. The third-order valence-corrected chi connectivity index (χ3v) is 1.91. The van der Waals surface area contributed by atoms with E-state index in [1.807, 2.05) is 6.92 Å². The van der Waals surface area contributed by atoms with E-state index in [2.05, 4.69) is 4.90 Å². The van der Waals surface area contributed by atoms with Gasteiger partial charge in [0.2, 0.25) is 0 Å². The van der Waals surface area contributed by atoms with E-state index in [4.69, 9.17) is 0 Å². The van der Waals surface area contributed by atoms with Gasteiger partial charge in [0.05, 0.1) is 6.04 Å². The summed E-state index contributed by atoms with van der Waals surface area (Å²) in [5.41, 5.74) is 0. The molecule has 2 nitrogen and oxygen atoms in total. The Morgan fingerprint density at radius 1 is 1.44 bits per heavy atom. The molecule has 1 heterocycles. The average molecular weight is 127 g/mol. The number of rotatable bonds is 2. The van der Waals surface area contributed by atoms with Crippen molar-refractivity contribution in [3.05, 3.63) is 0 Å². The van der Waals surface area contributed by atoms with Gasteiger partial charge in [-0.15, -0.1) is 0 Å². The second-order valence-corrected chi connectivity index (χ2v) is 2.62. The highest BCUT2D eigenvalue weighted by atomic mass is 16.1. The van der Waals surface area contributed by atoms with Crippen LogP contribution in [0.3, 0.4) is 0 Å². The SMILES string of the molecule is C[C@@H](C=O)N1CCCC1. The lowest BCUT2D eigenvalue weighted by atomic mass is 10.3. The molecule has 0 aromatic rings. The second kappa shape index (κ2) is 2.97. The van der Waals surface area contributed by atoms with Gasteiger partial charge in [-0.1, -0.05) is 0 Å². The second-order valence-electron chi connectivity index (χ2n) is 2.62. The van der Waals surface area contributed by atoms with Gasteiger partial charge < -0.3 is 4.79 Å². The molecule has 0 amide bonds. The van der Waals surface area contributed by atoms with Crippen molar-refractivity contribution in [3.63, 3.8) is 0 Å². The standard InChI is InChI=1S/C7H13NO/c1-7(6-9)8-4-2-3-5-8/h6-7H,2-5H2,1H3/t7-/m0/s1. The molecule has 1 fully saturated rings. The first-order valence-electron chi connectivity index (χ1n) is 3.54. The van der Waals surface area contributed by atoms with Crippen molar-refractivity contribution in [3.8, 4) is 0 Å². The number of hydrogen-bond acceptors (Lipinski definition) is 2. The highest BCUT2D eigenvalue weighted by molar-refractivity contribution is 5.56. The molecule has 0 spiro atoms. The maximum atomic E-state index is 10.3. The summed E-state index contributed by atoms with van der Waals surface area (Å²) in [4.78, 5) is 12.5. The third kappa shape index (κ3) is 1.52. The van der Waals surface area contributed by atoms with Crippen LogP contribution in [0.15, 0.2) is 0 Å². The quantitative estimate of drug-likeness (QED) is 0.508. The predicted octanol–water partition coefficient (Wildman–Crippen LogP) is 0.670. The zero-order chi connectivity index (χ0) is 6.69. The zero-order valence-electron chi connectivity index (χ0n) is 5.84. The molecule has 2 heteroatoms. The first kappa shape index (κ1) is 6.75. The van der Waals surface area contributed by atoms with E-state index in [1.165, 1.54) is 12.8 Å². The first-order valence-corrected chi connectivity index (χ1v) is 3.54. The van der Waals surface area contributed by atoms with E-state index >= 15 is 0 Å². The van der Waals surface area contributed by atoms with Crippen LogP contribution >= 0.6 is 0 Å². The molecule has 1 saturated heterocycles. The van der Waals surface area contributed by atoms with Gasteiger partial charge in [0, 0.05) is 0 Å². The van der Waals surface area contributed by atoms with E-state index in [0.29, 0.717) is 0 Å². The number of likely N-dealkylation sites (tertiary alicyclic amines) is 1. The summed E-state index contributed by atoms with van der Waals surface area (Å²) in [6.45, 7) is 4.18. The van der Waals surface area contributed by atoms with Crippen molar-refractivity contribution in [2.24, 2.45) is 0 Å². The van der Waals surface area contributed by atoms with Gasteiger partial charge in [-0.05, 0) is 32.9 Å². The average Bonchev–Trinajstić information content (AvgIpc) is 2.37. The normalized spacial score (nSPS) is 24.1. The Hall–Kier alpha value is -0.370. The lowest BCUT2D eigenvalue weighted by Gasteiger charge is -2.17. The molecule has 0 N–H and O–H groups in total. The molecule has 1 aliphatic rings. The Balaban J connectivity index is 2.32. The maximum Gasteiger partial charge on any atom is 0.136 e. The summed E-state index contributed by atoms with van der Waals surface area (Å²) in [5, 5.41) is 0. The van der Waals surface area contributed by atoms with Gasteiger partial charge in [-0.2, -0.15) is 0 Å². The van der Waals surface area contributed by atoms with Gasteiger partial charge >= 0.3 is 0 Å². The minimum atomic E-state index is 0.146. The summed E-state index contributed by atoms with van der Waals surface area (Å²) in [5.74, 6) is 0. The van der Waals surface area contributed by atoms with Gasteiger partial charge in [0.25, 0.3) is 0 Å². The van der Waals surface area contributed by atoms with Crippen LogP contribution in [0.5, 0.6) is 0 Å². The van der Waals surface area contributed by atoms with Crippen LogP contribution in [0.1, 0.15) is 19.8 Å². The molecule has 0 bridgehead atoms. The molecule has 1 rings (SSSR count). The van der Waals surface area contributed by atoms with Crippen molar-refractivity contribution in [1.29, 1.82) is 0 Å². The molecule has 0 aliphatic carbocycles. The van der Waals surface area contributed by atoms with E-state index < -0.39 is 0 Å². The maximum absolute atomic E-state index is 10.3. The predicted molar refractivity (Wildman–Crippen MR) is 36.3 cm³/mol. The fraction of sp³-hybridized carbons (Fsp3) is 0.857. The topological polar surface area (TPSA) is 20.3 Å². The Bertz CT molecular complexity index is 97.1. The monoisotopic (exact) mass is 127 g/mol. The van der Waals surface area contributed by atoms with E-state index in [1.54, 1.807) is 0 Å². The molecule has 0 radical (unpaired) electrons. The number of carbonyl (C=O) groups is 1. The lowest BCUT2D eigenvalue weighted by molar-refractivity contribution is -0.111. The Kier molecular flexibility index (Phi) is 2.22. The van der Waals surface area contributed by atoms with E-state index in [0.717, 1.165) is 19.4 Å². The van der Waals surface area contributed by atoms with Gasteiger partial charge in [-0.3, -0.25) is 4.90 Å². The molecule has 1 atom stereocenters. The van der Waals surface area contributed by atoms with Crippen LogP contribution in [0.4, 0.5) is 0 Å². The van der Waals surface area contributed by atoms with Crippen molar-refractivity contribution in [1.82, 2.24) is 4.90 Å². The molecular weight excluding hydrogens is 114 g/mol. The molecule has 0 aromatic heterocycles. The van der Waals surface area contributed by atoms with Crippen molar-refractivity contribution >= 4 is 6.29 Å². The summed E-state index contributed by atoms with van der Waals surface area (Å²) in [7, 11) is 0. The van der Waals surface area contributed by atoms with Crippen LogP contribution in [-0.4, -0.2) is 30.3 Å². The molecule has 52 valence electrons. The largest absolute Gasteiger partial charge is 0.302 e. The summed E-state index contributed by atoms with van der Waals surface area (Å²) in [6.07, 6.45) is 3.54. The van der Waals surface area contributed by atoms with Crippen LogP contribution in [0, 0.1) is 0 Å². The number of nitrogens with zero attached hydrogens (tertiary/aromatic N) is 1. The lowest BCUT2D eigenvalue weighted by Crippen LogP contribution is -2.30.